The lowest BCUT2D eigenvalue weighted by molar-refractivity contribution is 0.156. The summed E-state index contributed by atoms with van der Waals surface area (Å²) in [5, 5.41) is 0. The molecular weight excluding hydrogens is 269 g/mol. The van der Waals surface area contributed by atoms with Gasteiger partial charge in [0, 0.05) is 6.07 Å². The highest BCUT2D eigenvalue weighted by atomic mass is 32.2. The van der Waals surface area contributed by atoms with Crippen molar-refractivity contribution in [1.82, 2.24) is 0 Å². The Labute approximate surface area is 113 Å². The molecule has 0 unspecified atom stereocenters. The van der Waals surface area contributed by atoms with Crippen LogP contribution in [0.3, 0.4) is 0 Å². The van der Waals surface area contributed by atoms with Crippen LogP contribution < -0.4 is 9.46 Å². The second-order valence-electron chi connectivity index (χ2n) is 4.89. The van der Waals surface area contributed by atoms with Crippen molar-refractivity contribution < 1.29 is 17.5 Å². The molecule has 1 aliphatic carbocycles. The van der Waals surface area contributed by atoms with Gasteiger partial charge in [-0.05, 0) is 37.8 Å². The molecule has 1 aromatic carbocycles. The minimum atomic E-state index is -3.45. The normalized spacial score (nSPS) is 17.2. The van der Waals surface area contributed by atoms with E-state index in [2.05, 4.69) is 4.72 Å². The second kappa shape index (κ2) is 5.77. The zero-order chi connectivity index (χ0) is 13.9. The summed E-state index contributed by atoms with van der Waals surface area (Å²) in [5.74, 6) is -0.110. The van der Waals surface area contributed by atoms with Crippen LogP contribution in [0, 0.1) is 5.82 Å². The number of rotatable bonds is 4. The molecule has 19 heavy (non-hydrogen) atoms. The van der Waals surface area contributed by atoms with Gasteiger partial charge >= 0.3 is 0 Å². The van der Waals surface area contributed by atoms with E-state index in [9.17, 15) is 12.8 Å². The van der Waals surface area contributed by atoms with Crippen molar-refractivity contribution in [2.24, 2.45) is 0 Å². The van der Waals surface area contributed by atoms with E-state index in [1.165, 1.54) is 18.6 Å². The van der Waals surface area contributed by atoms with Crippen molar-refractivity contribution in [3.63, 3.8) is 0 Å². The van der Waals surface area contributed by atoms with Crippen molar-refractivity contribution in [2.45, 2.75) is 38.2 Å². The monoisotopic (exact) mass is 287 g/mol. The van der Waals surface area contributed by atoms with E-state index in [0.29, 0.717) is 5.75 Å². The summed E-state index contributed by atoms with van der Waals surface area (Å²) in [6.45, 7) is 0. The molecule has 106 valence electrons. The molecule has 1 saturated carbocycles. The predicted octanol–water partition coefficient (Wildman–Crippen LogP) is 2.91. The molecule has 0 heterocycles. The molecule has 0 aliphatic heterocycles. The first-order valence-electron chi connectivity index (χ1n) is 6.38. The summed E-state index contributed by atoms with van der Waals surface area (Å²) in [4.78, 5) is 0. The predicted molar refractivity (Wildman–Crippen MR) is 72.4 cm³/mol. The Morgan fingerprint density at radius 2 is 1.95 bits per heavy atom. The third-order valence-electron chi connectivity index (χ3n) is 3.08. The number of benzene rings is 1. The van der Waals surface area contributed by atoms with Gasteiger partial charge < -0.3 is 4.74 Å². The Bertz CT molecular complexity index is 539. The van der Waals surface area contributed by atoms with Crippen LogP contribution in [0.5, 0.6) is 5.75 Å². The average Bonchev–Trinajstić information content (AvgIpc) is 2.32. The minimum Gasteiger partial charge on any atom is -0.488 e. The number of hydrogen-bond donors (Lipinski definition) is 1. The maximum atomic E-state index is 13.2. The van der Waals surface area contributed by atoms with Gasteiger partial charge in [-0.2, -0.15) is 0 Å². The zero-order valence-electron chi connectivity index (χ0n) is 10.9. The minimum absolute atomic E-state index is 0.0827. The molecule has 6 heteroatoms. The van der Waals surface area contributed by atoms with Gasteiger partial charge in [0.15, 0.2) is 0 Å². The Balaban J connectivity index is 2.18. The molecule has 1 aliphatic rings. The molecule has 0 atom stereocenters. The van der Waals surface area contributed by atoms with Gasteiger partial charge in [-0.25, -0.2) is 12.8 Å². The van der Waals surface area contributed by atoms with E-state index in [1.807, 2.05) is 0 Å². The number of sulfonamides is 1. The largest absolute Gasteiger partial charge is 0.488 e. The first kappa shape index (κ1) is 14.1. The maximum Gasteiger partial charge on any atom is 0.229 e. The van der Waals surface area contributed by atoms with Crippen molar-refractivity contribution in [3.8, 4) is 5.75 Å². The molecular formula is C13H18FNO3S. The fourth-order valence-corrected chi connectivity index (χ4v) is 2.81. The SMILES string of the molecule is CS(=O)(=O)Nc1cc(F)ccc1OC1CCCCC1. The summed E-state index contributed by atoms with van der Waals surface area (Å²) in [6.07, 6.45) is 6.45. The lowest BCUT2D eigenvalue weighted by Crippen LogP contribution is -2.21. The molecule has 4 nitrogen and oxygen atoms in total. The van der Waals surface area contributed by atoms with Gasteiger partial charge in [-0.1, -0.05) is 6.42 Å². The third kappa shape index (κ3) is 4.38. The van der Waals surface area contributed by atoms with Crippen LogP contribution in [-0.2, 0) is 10.0 Å². The number of nitrogens with one attached hydrogen (secondary N) is 1. The van der Waals surface area contributed by atoms with Crippen LogP contribution in [0.15, 0.2) is 18.2 Å². The molecule has 0 radical (unpaired) electrons. The molecule has 1 N–H and O–H groups in total. The Morgan fingerprint density at radius 1 is 1.26 bits per heavy atom. The highest BCUT2D eigenvalue weighted by molar-refractivity contribution is 7.92. The summed E-state index contributed by atoms with van der Waals surface area (Å²) >= 11 is 0. The number of hydrogen-bond acceptors (Lipinski definition) is 3. The zero-order valence-corrected chi connectivity index (χ0v) is 11.7. The van der Waals surface area contributed by atoms with E-state index >= 15 is 0 Å². The lowest BCUT2D eigenvalue weighted by Gasteiger charge is -2.24. The molecule has 0 amide bonds. The van der Waals surface area contributed by atoms with Crippen LogP contribution >= 0.6 is 0 Å². The number of halogens is 1. The lowest BCUT2D eigenvalue weighted by atomic mass is 9.98. The number of anilines is 1. The standard InChI is InChI=1S/C13H18FNO3S/c1-19(16,17)15-12-9-10(14)7-8-13(12)18-11-5-3-2-4-6-11/h7-9,11,15H,2-6H2,1H3. The van der Waals surface area contributed by atoms with Crippen molar-refractivity contribution in [3.05, 3.63) is 24.0 Å². The first-order chi connectivity index (χ1) is 8.94. The number of ether oxygens (including phenoxy) is 1. The molecule has 1 aromatic rings. The van der Waals surface area contributed by atoms with Crippen LogP contribution in [0.2, 0.25) is 0 Å². The summed E-state index contributed by atoms with van der Waals surface area (Å²) in [6, 6.07) is 3.88. The van der Waals surface area contributed by atoms with Crippen molar-refractivity contribution in [2.75, 3.05) is 11.0 Å². The summed E-state index contributed by atoms with van der Waals surface area (Å²) in [5.41, 5.74) is 0.160. The van der Waals surface area contributed by atoms with Crippen LogP contribution in [0.1, 0.15) is 32.1 Å². The van der Waals surface area contributed by atoms with Gasteiger partial charge in [0.25, 0.3) is 0 Å². The third-order valence-corrected chi connectivity index (χ3v) is 3.67. The molecule has 0 aromatic heterocycles. The Kier molecular flexibility index (Phi) is 4.29. The van der Waals surface area contributed by atoms with E-state index in [1.54, 1.807) is 0 Å². The topological polar surface area (TPSA) is 55.4 Å². The first-order valence-corrected chi connectivity index (χ1v) is 8.27. The van der Waals surface area contributed by atoms with E-state index < -0.39 is 15.8 Å². The highest BCUT2D eigenvalue weighted by Gasteiger charge is 2.17. The second-order valence-corrected chi connectivity index (χ2v) is 6.64. The molecule has 2 rings (SSSR count). The smallest absolute Gasteiger partial charge is 0.229 e. The Hall–Kier alpha value is -1.30. The fourth-order valence-electron chi connectivity index (χ4n) is 2.25. The molecule has 0 saturated heterocycles. The highest BCUT2D eigenvalue weighted by Crippen LogP contribution is 2.30. The van der Waals surface area contributed by atoms with E-state index in [0.717, 1.165) is 38.0 Å². The van der Waals surface area contributed by atoms with Crippen molar-refractivity contribution >= 4 is 15.7 Å². The van der Waals surface area contributed by atoms with Gasteiger partial charge in [0.2, 0.25) is 10.0 Å². The van der Waals surface area contributed by atoms with Crippen molar-refractivity contribution in [1.29, 1.82) is 0 Å². The van der Waals surface area contributed by atoms with Gasteiger partial charge in [-0.15, -0.1) is 0 Å². The maximum absolute atomic E-state index is 13.2. The fraction of sp³-hybridized carbons (Fsp3) is 0.538. The molecule has 0 bridgehead atoms. The van der Waals surface area contributed by atoms with E-state index in [-0.39, 0.29) is 11.8 Å². The molecule has 0 spiro atoms. The molecule has 1 fully saturated rings. The van der Waals surface area contributed by atoms with Crippen LogP contribution in [0.25, 0.3) is 0 Å². The van der Waals surface area contributed by atoms with E-state index in [4.69, 9.17) is 4.74 Å². The summed E-state index contributed by atoms with van der Waals surface area (Å²) in [7, 11) is -3.45. The summed E-state index contributed by atoms with van der Waals surface area (Å²) < 4.78 is 43.8. The quantitative estimate of drug-likeness (QED) is 0.926. The van der Waals surface area contributed by atoms with Crippen LogP contribution in [-0.4, -0.2) is 20.8 Å². The average molecular weight is 287 g/mol. The van der Waals surface area contributed by atoms with Crippen LogP contribution in [0.4, 0.5) is 10.1 Å². The van der Waals surface area contributed by atoms with Gasteiger partial charge in [0.05, 0.1) is 18.0 Å². The Morgan fingerprint density at radius 3 is 2.58 bits per heavy atom. The van der Waals surface area contributed by atoms with Gasteiger partial charge in [0.1, 0.15) is 11.6 Å². The van der Waals surface area contributed by atoms with Gasteiger partial charge in [-0.3, -0.25) is 4.72 Å².